The minimum Gasteiger partial charge on any atom is -0.481 e. The minimum absolute atomic E-state index is 0.0299. The van der Waals surface area contributed by atoms with Crippen LogP contribution in [0, 0.1) is 5.92 Å². The van der Waals surface area contributed by atoms with Crippen molar-refractivity contribution in [2.45, 2.75) is 56.6 Å². The summed E-state index contributed by atoms with van der Waals surface area (Å²) in [7, 11) is 0. The highest BCUT2D eigenvalue weighted by Crippen LogP contribution is 2.44. The van der Waals surface area contributed by atoms with Gasteiger partial charge in [0.2, 0.25) is 5.91 Å². The maximum Gasteiger partial charge on any atom is 0.303 e. The largest absolute Gasteiger partial charge is 0.481 e. The SMILES string of the molecule is C[C@@H]1[C@H](CSc2nc(-c3ccccc3)c(-c3ccccc3)o2)O[C@H](c2ccc(-c3ccccc3CNC(=O)CCC(=O)O)cc2)O[C@@H]1c1ccc(CO)cc1. The molecule has 0 radical (unpaired) electrons. The van der Waals surface area contributed by atoms with Gasteiger partial charge in [-0.1, -0.05) is 152 Å². The second-order valence-corrected chi connectivity index (χ2v) is 14.4. The molecule has 1 aliphatic rings. The number of amides is 1. The van der Waals surface area contributed by atoms with E-state index in [1.165, 1.54) is 11.8 Å². The van der Waals surface area contributed by atoms with E-state index in [2.05, 4.69) is 12.2 Å². The number of aliphatic hydroxyl groups is 1. The average Bonchev–Trinajstić information content (AvgIpc) is 3.67. The van der Waals surface area contributed by atoms with Crippen LogP contribution < -0.4 is 5.32 Å². The highest BCUT2D eigenvalue weighted by Gasteiger charge is 2.38. The standard InChI is InChI=1S/C45H42N2O7S/c1-29-38(28-55-45-47-41(32-10-4-2-5-11-32)43(54-45)33-12-6-3-7-13-33)52-44(53-42(29)34-18-16-30(27-48)17-19-34)35-22-20-31(21-23-35)37-15-9-8-14-36(37)26-46-39(49)24-25-40(50)51/h2-23,29,38,42,44,48H,24-28H2,1H3,(H,46,49)(H,50,51)/t29-,38+,42+,44+/m1/s1. The molecule has 0 spiro atoms. The lowest BCUT2D eigenvalue weighted by molar-refractivity contribution is -0.268. The molecule has 5 aromatic carbocycles. The first kappa shape index (κ1) is 37.8. The lowest BCUT2D eigenvalue weighted by Crippen LogP contribution is -2.38. The van der Waals surface area contributed by atoms with Crippen LogP contribution >= 0.6 is 11.8 Å². The van der Waals surface area contributed by atoms with Crippen molar-refractivity contribution in [3.63, 3.8) is 0 Å². The number of aromatic nitrogens is 1. The molecular formula is C45H42N2O7S. The van der Waals surface area contributed by atoms with Crippen molar-refractivity contribution in [1.82, 2.24) is 10.3 Å². The molecule has 1 fully saturated rings. The van der Waals surface area contributed by atoms with Crippen LogP contribution in [0.3, 0.4) is 0 Å². The summed E-state index contributed by atoms with van der Waals surface area (Å²) < 4.78 is 19.9. The number of carbonyl (C=O) groups excluding carboxylic acids is 1. The number of aliphatic carboxylic acids is 1. The second-order valence-electron chi connectivity index (χ2n) is 13.5. The Morgan fingerprint density at radius 3 is 2.09 bits per heavy atom. The Hall–Kier alpha value is -5.52. The van der Waals surface area contributed by atoms with E-state index in [9.17, 15) is 14.7 Å². The Balaban J connectivity index is 1.12. The molecule has 0 aliphatic carbocycles. The Kier molecular flexibility index (Phi) is 12.2. The third kappa shape index (κ3) is 9.24. The molecule has 2 heterocycles. The van der Waals surface area contributed by atoms with E-state index >= 15 is 0 Å². The molecule has 9 nitrogen and oxygen atoms in total. The van der Waals surface area contributed by atoms with Crippen LogP contribution in [0.4, 0.5) is 0 Å². The zero-order valence-corrected chi connectivity index (χ0v) is 31.2. The molecule has 1 aliphatic heterocycles. The molecule has 55 heavy (non-hydrogen) atoms. The molecule has 7 rings (SSSR count). The van der Waals surface area contributed by atoms with Crippen LogP contribution in [0.2, 0.25) is 0 Å². The lowest BCUT2D eigenvalue weighted by Gasteiger charge is -2.41. The summed E-state index contributed by atoms with van der Waals surface area (Å²) in [4.78, 5) is 28.1. The summed E-state index contributed by atoms with van der Waals surface area (Å²) in [5, 5.41) is 22.0. The number of aliphatic hydroxyl groups excluding tert-OH is 1. The predicted molar refractivity (Wildman–Crippen MR) is 212 cm³/mol. The summed E-state index contributed by atoms with van der Waals surface area (Å²) in [6.07, 6.45) is -1.46. The Bertz CT molecular complexity index is 2130. The third-order valence-corrected chi connectivity index (χ3v) is 10.7. The molecule has 1 saturated heterocycles. The van der Waals surface area contributed by atoms with E-state index in [1.54, 1.807) is 0 Å². The van der Waals surface area contributed by atoms with Crippen molar-refractivity contribution >= 4 is 23.6 Å². The summed E-state index contributed by atoms with van der Waals surface area (Å²) >= 11 is 1.52. The molecule has 3 N–H and O–H groups in total. The lowest BCUT2D eigenvalue weighted by atomic mass is 9.91. The maximum absolute atomic E-state index is 12.2. The smallest absolute Gasteiger partial charge is 0.303 e. The van der Waals surface area contributed by atoms with Gasteiger partial charge in [0.25, 0.3) is 5.22 Å². The van der Waals surface area contributed by atoms with Gasteiger partial charge in [-0.25, -0.2) is 4.98 Å². The third-order valence-electron chi connectivity index (χ3n) is 9.74. The first-order chi connectivity index (χ1) is 26.9. The van der Waals surface area contributed by atoms with Crippen molar-refractivity contribution in [3.05, 3.63) is 156 Å². The van der Waals surface area contributed by atoms with Crippen molar-refractivity contribution < 1.29 is 33.7 Å². The fourth-order valence-corrected chi connectivity index (χ4v) is 7.67. The summed E-state index contributed by atoms with van der Waals surface area (Å²) in [5.41, 5.74) is 8.23. The molecule has 4 atom stereocenters. The van der Waals surface area contributed by atoms with Crippen LogP contribution in [-0.4, -0.2) is 38.9 Å². The zero-order valence-electron chi connectivity index (χ0n) is 30.3. The summed E-state index contributed by atoms with van der Waals surface area (Å²) in [5.74, 6) is -0.0529. The van der Waals surface area contributed by atoms with Gasteiger partial charge < -0.3 is 29.4 Å². The van der Waals surface area contributed by atoms with E-state index in [4.69, 9.17) is 24.0 Å². The van der Waals surface area contributed by atoms with Gasteiger partial charge in [0.15, 0.2) is 12.1 Å². The van der Waals surface area contributed by atoms with Crippen molar-refractivity contribution in [3.8, 4) is 33.7 Å². The van der Waals surface area contributed by atoms with Crippen LogP contribution in [0.25, 0.3) is 33.7 Å². The van der Waals surface area contributed by atoms with Gasteiger partial charge >= 0.3 is 5.97 Å². The number of thioether (sulfide) groups is 1. The van der Waals surface area contributed by atoms with Gasteiger partial charge in [0.1, 0.15) is 5.69 Å². The van der Waals surface area contributed by atoms with Gasteiger partial charge in [-0.15, -0.1) is 0 Å². The fraction of sp³-hybridized carbons (Fsp3) is 0.222. The molecule has 280 valence electrons. The number of hydrogen-bond acceptors (Lipinski definition) is 8. The first-order valence-corrected chi connectivity index (χ1v) is 19.3. The van der Waals surface area contributed by atoms with E-state index < -0.39 is 12.3 Å². The number of rotatable bonds is 14. The van der Waals surface area contributed by atoms with Crippen molar-refractivity contribution in [2.24, 2.45) is 5.92 Å². The highest BCUT2D eigenvalue weighted by atomic mass is 32.2. The van der Waals surface area contributed by atoms with E-state index in [0.29, 0.717) is 11.0 Å². The van der Waals surface area contributed by atoms with Crippen LogP contribution in [0.5, 0.6) is 0 Å². The van der Waals surface area contributed by atoms with Gasteiger partial charge in [0.05, 0.1) is 25.2 Å². The highest BCUT2D eigenvalue weighted by molar-refractivity contribution is 7.99. The first-order valence-electron chi connectivity index (χ1n) is 18.3. The van der Waals surface area contributed by atoms with Crippen LogP contribution in [0.15, 0.2) is 143 Å². The summed E-state index contributed by atoms with van der Waals surface area (Å²) in [6, 6.07) is 43.7. The number of carboxylic acid groups (broad SMARTS) is 1. The number of benzene rings is 5. The van der Waals surface area contributed by atoms with Gasteiger partial charge in [-0.2, -0.15) is 0 Å². The molecular weight excluding hydrogens is 713 g/mol. The van der Waals surface area contributed by atoms with Crippen LogP contribution in [0.1, 0.15) is 54.4 Å². The molecule has 0 bridgehead atoms. The van der Waals surface area contributed by atoms with E-state index in [1.807, 2.05) is 133 Å². The quantitative estimate of drug-likeness (QED) is 0.0932. The van der Waals surface area contributed by atoms with Crippen molar-refractivity contribution in [2.75, 3.05) is 5.75 Å². The number of carbonyl (C=O) groups is 2. The molecule has 10 heteroatoms. The molecule has 1 aromatic heterocycles. The number of hydrogen-bond donors (Lipinski definition) is 3. The Morgan fingerprint density at radius 1 is 0.745 bits per heavy atom. The number of nitrogens with one attached hydrogen (secondary N) is 1. The Morgan fingerprint density at radius 2 is 1.40 bits per heavy atom. The second kappa shape index (κ2) is 17.7. The van der Waals surface area contributed by atoms with Crippen molar-refractivity contribution in [1.29, 1.82) is 0 Å². The number of ether oxygens (including phenoxy) is 2. The van der Waals surface area contributed by atoms with E-state index in [-0.39, 0.29) is 50.0 Å². The fourth-order valence-electron chi connectivity index (χ4n) is 6.68. The molecule has 0 unspecified atom stereocenters. The number of carboxylic acids is 1. The number of oxazole rings is 1. The normalized spacial score (nSPS) is 18.1. The zero-order chi connectivity index (χ0) is 38.1. The van der Waals surface area contributed by atoms with Gasteiger partial charge in [-0.05, 0) is 27.8 Å². The van der Waals surface area contributed by atoms with Crippen LogP contribution in [-0.2, 0) is 32.2 Å². The topological polar surface area (TPSA) is 131 Å². The monoisotopic (exact) mass is 754 g/mol. The van der Waals surface area contributed by atoms with Gasteiger partial charge in [0, 0.05) is 41.3 Å². The number of nitrogens with zero attached hydrogens (tertiary/aromatic N) is 1. The summed E-state index contributed by atoms with van der Waals surface area (Å²) in [6.45, 7) is 2.38. The van der Waals surface area contributed by atoms with Gasteiger partial charge in [-0.3, -0.25) is 9.59 Å². The maximum atomic E-state index is 12.2. The Labute approximate surface area is 324 Å². The van der Waals surface area contributed by atoms with E-state index in [0.717, 1.165) is 56.0 Å². The molecule has 0 saturated carbocycles. The average molecular weight is 755 g/mol. The minimum atomic E-state index is -1.00. The molecule has 6 aromatic rings. The molecule has 1 amide bonds. The predicted octanol–water partition coefficient (Wildman–Crippen LogP) is 9.23.